The van der Waals surface area contributed by atoms with Crippen molar-refractivity contribution in [1.82, 2.24) is 9.88 Å². The third-order valence-corrected chi connectivity index (χ3v) is 3.71. The van der Waals surface area contributed by atoms with Gasteiger partial charge in [0.2, 0.25) is 5.88 Å². The van der Waals surface area contributed by atoms with E-state index in [1.165, 1.54) is 0 Å². The van der Waals surface area contributed by atoms with Crippen LogP contribution in [0.4, 0.5) is 4.79 Å². The summed E-state index contributed by atoms with van der Waals surface area (Å²) < 4.78 is 11.4. The van der Waals surface area contributed by atoms with Crippen LogP contribution >= 0.6 is 0 Å². The minimum absolute atomic E-state index is 0.0548. The number of benzene rings is 1. The number of rotatable bonds is 2. The molecule has 0 bridgehead atoms. The van der Waals surface area contributed by atoms with E-state index in [2.05, 4.69) is 4.98 Å². The van der Waals surface area contributed by atoms with Gasteiger partial charge in [-0.25, -0.2) is 9.78 Å². The summed E-state index contributed by atoms with van der Waals surface area (Å²) in [5, 5.41) is 2.09. The van der Waals surface area contributed by atoms with E-state index >= 15 is 0 Å². The maximum atomic E-state index is 12.1. The topological polar surface area (TPSA) is 51.7 Å². The van der Waals surface area contributed by atoms with E-state index in [0.29, 0.717) is 19.0 Å². The molecule has 1 fully saturated rings. The Bertz CT molecular complexity index is 703. The molecule has 1 unspecified atom stereocenters. The van der Waals surface area contributed by atoms with E-state index in [0.717, 1.165) is 17.2 Å². The number of aromatic nitrogens is 1. The molecule has 1 aromatic heterocycles. The molecule has 5 heteroatoms. The van der Waals surface area contributed by atoms with Crippen LogP contribution in [0.2, 0.25) is 0 Å². The molecular formula is C18H22N2O3. The summed E-state index contributed by atoms with van der Waals surface area (Å²) in [6, 6.07) is 9.96. The molecule has 0 radical (unpaired) electrons. The Kier molecular flexibility index (Phi) is 4.11. The Labute approximate surface area is 136 Å². The molecule has 2 heterocycles. The van der Waals surface area contributed by atoms with E-state index in [9.17, 15) is 4.79 Å². The highest BCUT2D eigenvalue weighted by Crippen LogP contribution is 2.26. The zero-order valence-electron chi connectivity index (χ0n) is 13.8. The molecule has 1 aromatic carbocycles. The molecule has 0 N–H and O–H groups in total. The highest BCUT2D eigenvalue weighted by Gasteiger charge is 2.31. The Morgan fingerprint density at radius 2 is 2.04 bits per heavy atom. The van der Waals surface area contributed by atoms with Gasteiger partial charge in [0.15, 0.2) is 0 Å². The second-order valence-electron chi connectivity index (χ2n) is 6.79. The van der Waals surface area contributed by atoms with Gasteiger partial charge < -0.3 is 14.4 Å². The zero-order valence-corrected chi connectivity index (χ0v) is 13.8. The van der Waals surface area contributed by atoms with E-state index < -0.39 is 5.60 Å². The predicted octanol–water partition coefficient (Wildman–Crippen LogP) is 3.62. The summed E-state index contributed by atoms with van der Waals surface area (Å²) >= 11 is 0. The normalized spacial score (nSPS) is 18.2. The van der Waals surface area contributed by atoms with Gasteiger partial charge in [-0.05, 0) is 38.3 Å². The first-order valence-corrected chi connectivity index (χ1v) is 7.91. The summed E-state index contributed by atoms with van der Waals surface area (Å²) in [7, 11) is 0. The Morgan fingerprint density at radius 3 is 2.83 bits per heavy atom. The third-order valence-electron chi connectivity index (χ3n) is 3.71. The highest BCUT2D eigenvalue weighted by atomic mass is 16.6. The number of likely N-dealkylation sites (tertiary alicyclic amines) is 1. The van der Waals surface area contributed by atoms with Gasteiger partial charge in [0, 0.05) is 24.5 Å². The number of amides is 1. The lowest BCUT2D eigenvalue weighted by Gasteiger charge is -2.24. The fourth-order valence-corrected chi connectivity index (χ4v) is 2.66. The highest BCUT2D eigenvalue weighted by molar-refractivity contribution is 5.86. The SMILES string of the molecule is CC(C)(C)OC(=O)N1CCC(Oc2nccc3ccccc23)C1. The maximum absolute atomic E-state index is 12.1. The number of nitrogens with zero attached hydrogens (tertiary/aromatic N) is 2. The van der Waals surface area contributed by atoms with Crippen molar-refractivity contribution in [3.63, 3.8) is 0 Å². The van der Waals surface area contributed by atoms with Crippen molar-refractivity contribution in [1.29, 1.82) is 0 Å². The Hall–Kier alpha value is -2.30. The molecule has 2 aromatic rings. The van der Waals surface area contributed by atoms with Gasteiger partial charge in [-0.1, -0.05) is 18.2 Å². The third kappa shape index (κ3) is 3.73. The van der Waals surface area contributed by atoms with E-state index in [1.54, 1.807) is 11.1 Å². The van der Waals surface area contributed by atoms with Gasteiger partial charge in [-0.2, -0.15) is 0 Å². The number of carbonyl (C=O) groups excluding carboxylic acids is 1. The fraction of sp³-hybridized carbons (Fsp3) is 0.444. The molecule has 1 amide bonds. The first-order chi connectivity index (χ1) is 10.9. The number of pyridine rings is 1. The summed E-state index contributed by atoms with van der Waals surface area (Å²) in [5.74, 6) is 0.624. The van der Waals surface area contributed by atoms with Crippen molar-refractivity contribution in [2.75, 3.05) is 13.1 Å². The van der Waals surface area contributed by atoms with Crippen LogP contribution in [-0.4, -0.2) is 40.8 Å². The summed E-state index contributed by atoms with van der Waals surface area (Å²) in [4.78, 5) is 18.1. The number of ether oxygens (including phenoxy) is 2. The van der Waals surface area contributed by atoms with Gasteiger partial charge in [-0.15, -0.1) is 0 Å². The number of carbonyl (C=O) groups is 1. The average molecular weight is 314 g/mol. The van der Waals surface area contributed by atoms with Gasteiger partial charge >= 0.3 is 6.09 Å². The van der Waals surface area contributed by atoms with Crippen molar-refractivity contribution < 1.29 is 14.3 Å². The largest absolute Gasteiger partial charge is 0.472 e. The number of hydrogen-bond donors (Lipinski definition) is 0. The van der Waals surface area contributed by atoms with Crippen LogP contribution in [0.1, 0.15) is 27.2 Å². The van der Waals surface area contributed by atoms with Crippen LogP contribution in [0.25, 0.3) is 10.8 Å². The molecule has 0 aliphatic carbocycles. The second-order valence-corrected chi connectivity index (χ2v) is 6.79. The first kappa shape index (κ1) is 15.6. The summed E-state index contributed by atoms with van der Waals surface area (Å²) in [5.41, 5.74) is -0.479. The van der Waals surface area contributed by atoms with E-state index in [1.807, 2.05) is 51.1 Å². The molecule has 23 heavy (non-hydrogen) atoms. The van der Waals surface area contributed by atoms with Crippen LogP contribution in [0.5, 0.6) is 5.88 Å². The first-order valence-electron chi connectivity index (χ1n) is 7.91. The van der Waals surface area contributed by atoms with Crippen LogP contribution in [-0.2, 0) is 4.74 Å². The predicted molar refractivity (Wildman–Crippen MR) is 88.6 cm³/mol. The van der Waals surface area contributed by atoms with Crippen LogP contribution in [0.15, 0.2) is 36.5 Å². The lowest BCUT2D eigenvalue weighted by molar-refractivity contribution is 0.0275. The summed E-state index contributed by atoms with van der Waals surface area (Å²) in [6.45, 7) is 6.78. The lowest BCUT2D eigenvalue weighted by Crippen LogP contribution is -2.36. The van der Waals surface area contributed by atoms with E-state index in [4.69, 9.17) is 9.47 Å². The zero-order chi connectivity index (χ0) is 16.4. The number of fused-ring (bicyclic) bond motifs is 1. The average Bonchev–Trinajstić information content (AvgIpc) is 2.95. The van der Waals surface area contributed by atoms with Gasteiger partial charge in [0.25, 0.3) is 0 Å². The van der Waals surface area contributed by atoms with Gasteiger partial charge in [-0.3, -0.25) is 0 Å². The van der Waals surface area contributed by atoms with Crippen molar-refractivity contribution in [2.45, 2.75) is 38.9 Å². The molecule has 122 valence electrons. The molecule has 0 saturated carbocycles. The van der Waals surface area contributed by atoms with Gasteiger partial charge in [0.05, 0.1) is 6.54 Å². The minimum atomic E-state index is -0.479. The van der Waals surface area contributed by atoms with Crippen LogP contribution < -0.4 is 4.74 Å². The molecule has 1 aliphatic rings. The quantitative estimate of drug-likeness (QED) is 0.849. The van der Waals surface area contributed by atoms with Crippen molar-refractivity contribution in [2.24, 2.45) is 0 Å². The summed E-state index contributed by atoms with van der Waals surface area (Å²) in [6.07, 6.45) is 2.19. The second kappa shape index (κ2) is 6.07. The maximum Gasteiger partial charge on any atom is 0.410 e. The standard InChI is InChI=1S/C18H22N2O3/c1-18(2,3)23-17(21)20-11-9-14(12-20)22-16-15-7-5-4-6-13(15)8-10-19-16/h4-8,10,14H,9,11-12H2,1-3H3. The molecule has 1 aliphatic heterocycles. The smallest absolute Gasteiger partial charge is 0.410 e. The molecular weight excluding hydrogens is 292 g/mol. The van der Waals surface area contributed by atoms with Crippen LogP contribution in [0, 0.1) is 0 Å². The fourth-order valence-electron chi connectivity index (χ4n) is 2.66. The lowest BCUT2D eigenvalue weighted by atomic mass is 10.2. The number of hydrogen-bond acceptors (Lipinski definition) is 4. The molecule has 0 spiro atoms. The molecule has 3 rings (SSSR count). The molecule has 1 atom stereocenters. The monoisotopic (exact) mass is 314 g/mol. The van der Waals surface area contributed by atoms with Crippen molar-refractivity contribution in [3.05, 3.63) is 36.5 Å². The molecule has 5 nitrogen and oxygen atoms in total. The van der Waals surface area contributed by atoms with E-state index in [-0.39, 0.29) is 12.2 Å². The Morgan fingerprint density at radius 1 is 1.26 bits per heavy atom. The van der Waals surface area contributed by atoms with Crippen molar-refractivity contribution >= 4 is 16.9 Å². The van der Waals surface area contributed by atoms with Gasteiger partial charge in [0.1, 0.15) is 11.7 Å². The van der Waals surface area contributed by atoms with Crippen LogP contribution in [0.3, 0.4) is 0 Å². The molecule has 1 saturated heterocycles. The Balaban J connectivity index is 1.67. The minimum Gasteiger partial charge on any atom is -0.472 e. The van der Waals surface area contributed by atoms with Crippen molar-refractivity contribution in [3.8, 4) is 5.88 Å².